The van der Waals surface area contributed by atoms with Gasteiger partial charge in [0.25, 0.3) is 0 Å². The second-order valence-corrected chi connectivity index (χ2v) is 7.24. The Labute approximate surface area is 101 Å². The molecule has 0 aromatic rings. The van der Waals surface area contributed by atoms with Gasteiger partial charge in [-0.2, -0.15) is 0 Å². The van der Waals surface area contributed by atoms with Crippen LogP contribution in [0.2, 0.25) is 0 Å². The molecule has 0 heterocycles. The molecule has 1 N–H and O–H groups in total. The van der Waals surface area contributed by atoms with E-state index in [1.54, 1.807) is 0 Å². The van der Waals surface area contributed by atoms with Crippen molar-refractivity contribution in [2.75, 3.05) is 6.54 Å². The smallest absolute Gasteiger partial charge is 0.00982 e. The first-order valence-electron chi connectivity index (χ1n) is 7.20. The quantitative estimate of drug-likeness (QED) is 0.760. The second-order valence-electron chi connectivity index (χ2n) is 7.24. The van der Waals surface area contributed by atoms with Crippen LogP contribution in [0.15, 0.2) is 0 Å². The number of hydrogen-bond donors (Lipinski definition) is 1. The van der Waals surface area contributed by atoms with E-state index in [2.05, 4.69) is 33.0 Å². The molecule has 2 fully saturated rings. The predicted octanol–water partition coefficient (Wildman–Crippen LogP) is 3.98. The lowest BCUT2D eigenvalue weighted by atomic mass is 9.67. The number of nitrogens with one attached hydrogen (secondary N) is 1. The molecule has 0 radical (unpaired) electrons. The van der Waals surface area contributed by atoms with E-state index in [9.17, 15) is 0 Å². The van der Waals surface area contributed by atoms with E-state index in [0.29, 0.717) is 10.8 Å². The zero-order chi connectivity index (χ0) is 11.8. The highest BCUT2D eigenvalue weighted by atomic mass is 14.9. The second kappa shape index (κ2) is 4.33. The summed E-state index contributed by atoms with van der Waals surface area (Å²) < 4.78 is 0. The molecule has 0 spiro atoms. The molecule has 0 aromatic heterocycles. The van der Waals surface area contributed by atoms with Crippen LogP contribution in [0.4, 0.5) is 0 Å². The van der Waals surface area contributed by atoms with Crippen molar-refractivity contribution >= 4 is 0 Å². The van der Waals surface area contributed by atoms with Gasteiger partial charge in [0, 0.05) is 12.6 Å². The Morgan fingerprint density at radius 1 is 1.19 bits per heavy atom. The summed E-state index contributed by atoms with van der Waals surface area (Å²) in [6.45, 7) is 10.9. The standard InChI is InChI=1S/C15H29N/c1-5-15(7-6-8-15)11-16-13-10-14(3,4)9-12(13)2/h12-13,16H,5-11H2,1-4H3. The van der Waals surface area contributed by atoms with Crippen molar-refractivity contribution in [3.63, 3.8) is 0 Å². The van der Waals surface area contributed by atoms with Gasteiger partial charge in [-0.3, -0.25) is 0 Å². The third kappa shape index (κ3) is 2.45. The van der Waals surface area contributed by atoms with Crippen LogP contribution >= 0.6 is 0 Å². The van der Waals surface area contributed by atoms with Gasteiger partial charge in [0.15, 0.2) is 0 Å². The molecule has 1 nitrogen and oxygen atoms in total. The SMILES string of the molecule is CCC1(CNC2CC(C)(C)CC2C)CCC1. The summed E-state index contributed by atoms with van der Waals surface area (Å²) >= 11 is 0. The average molecular weight is 223 g/mol. The Morgan fingerprint density at radius 2 is 1.88 bits per heavy atom. The molecule has 0 amide bonds. The fourth-order valence-electron chi connectivity index (χ4n) is 3.85. The van der Waals surface area contributed by atoms with Gasteiger partial charge in [-0.15, -0.1) is 0 Å². The Morgan fingerprint density at radius 3 is 2.25 bits per heavy atom. The highest BCUT2D eigenvalue weighted by Crippen LogP contribution is 2.45. The number of hydrogen-bond acceptors (Lipinski definition) is 1. The van der Waals surface area contributed by atoms with Gasteiger partial charge >= 0.3 is 0 Å². The van der Waals surface area contributed by atoms with Gasteiger partial charge in [-0.25, -0.2) is 0 Å². The normalized spacial score (nSPS) is 36.0. The van der Waals surface area contributed by atoms with Crippen LogP contribution in [0.5, 0.6) is 0 Å². The Kier molecular flexibility index (Phi) is 3.36. The van der Waals surface area contributed by atoms with Crippen LogP contribution in [-0.4, -0.2) is 12.6 Å². The number of rotatable bonds is 4. The third-order valence-corrected chi connectivity index (χ3v) is 5.24. The molecular weight excluding hydrogens is 194 g/mol. The van der Waals surface area contributed by atoms with Gasteiger partial charge < -0.3 is 5.32 Å². The summed E-state index contributed by atoms with van der Waals surface area (Å²) in [4.78, 5) is 0. The molecule has 0 bridgehead atoms. The van der Waals surface area contributed by atoms with E-state index >= 15 is 0 Å². The lowest BCUT2D eigenvalue weighted by Crippen LogP contribution is -2.44. The molecule has 2 rings (SSSR count). The molecule has 2 saturated carbocycles. The van der Waals surface area contributed by atoms with Gasteiger partial charge in [0.1, 0.15) is 0 Å². The van der Waals surface area contributed by atoms with Gasteiger partial charge in [-0.1, -0.05) is 34.1 Å². The van der Waals surface area contributed by atoms with Crippen molar-refractivity contribution in [1.82, 2.24) is 5.32 Å². The summed E-state index contributed by atoms with van der Waals surface area (Å²) in [5.41, 5.74) is 1.24. The minimum Gasteiger partial charge on any atom is -0.313 e. The molecular formula is C15H29N. The van der Waals surface area contributed by atoms with Crippen molar-refractivity contribution in [2.45, 2.75) is 72.3 Å². The summed E-state index contributed by atoms with van der Waals surface area (Å²) in [7, 11) is 0. The van der Waals surface area contributed by atoms with Gasteiger partial charge in [0.2, 0.25) is 0 Å². The summed E-state index contributed by atoms with van der Waals surface area (Å²) in [6.07, 6.45) is 8.51. The van der Waals surface area contributed by atoms with Gasteiger partial charge in [0.05, 0.1) is 0 Å². The van der Waals surface area contributed by atoms with E-state index in [-0.39, 0.29) is 0 Å². The van der Waals surface area contributed by atoms with Crippen molar-refractivity contribution < 1.29 is 0 Å². The molecule has 2 aliphatic carbocycles. The average Bonchev–Trinajstić information content (AvgIpc) is 2.38. The van der Waals surface area contributed by atoms with E-state index in [0.717, 1.165) is 12.0 Å². The minimum atomic E-state index is 0.566. The molecule has 0 aliphatic heterocycles. The Balaban J connectivity index is 1.82. The first-order chi connectivity index (χ1) is 7.46. The van der Waals surface area contributed by atoms with E-state index in [4.69, 9.17) is 0 Å². The predicted molar refractivity (Wildman–Crippen MR) is 70.5 cm³/mol. The van der Waals surface area contributed by atoms with Crippen LogP contribution in [0.25, 0.3) is 0 Å². The third-order valence-electron chi connectivity index (χ3n) is 5.24. The Bertz CT molecular complexity index is 234. The molecule has 0 saturated heterocycles. The Hall–Kier alpha value is -0.0400. The summed E-state index contributed by atoms with van der Waals surface area (Å²) in [5.74, 6) is 0.865. The first kappa shape index (κ1) is 12.4. The zero-order valence-electron chi connectivity index (χ0n) is 11.6. The lowest BCUT2D eigenvalue weighted by Gasteiger charge is -2.42. The van der Waals surface area contributed by atoms with Crippen molar-refractivity contribution in [3.05, 3.63) is 0 Å². The molecule has 16 heavy (non-hydrogen) atoms. The molecule has 2 aliphatic rings. The maximum Gasteiger partial charge on any atom is 0.00982 e. The fraction of sp³-hybridized carbons (Fsp3) is 1.00. The van der Waals surface area contributed by atoms with E-state index in [1.807, 2.05) is 0 Å². The summed E-state index contributed by atoms with van der Waals surface area (Å²) in [6, 6.07) is 0.777. The van der Waals surface area contributed by atoms with Gasteiger partial charge in [-0.05, 0) is 48.9 Å². The monoisotopic (exact) mass is 223 g/mol. The first-order valence-corrected chi connectivity index (χ1v) is 7.20. The lowest BCUT2D eigenvalue weighted by molar-refractivity contribution is 0.116. The molecule has 0 aromatic carbocycles. The van der Waals surface area contributed by atoms with E-state index < -0.39 is 0 Å². The van der Waals surface area contributed by atoms with Crippen molar-refractivity contribution in [2.24, 2.45) is 16.7 Å². The zero-order valence-corrected chi connectivity index (χ0v) is 11.6. The maximum atomic E-state index is 3.88. The highest BCUT2D eigenvalue weighted by Gasteiger charge is 2.39. The summed E-state index contributed by atoms with van der Waals surface area (Å²) in [5, 5.41) is 3.88. The van der Waals surface area contributed by atoms with Crippen LogP contribution in [0.3, 0.4) is 0 Å². The molecule has 2 unspecified atom stereocenters. The van der Waals surface area contributed by atoms with Crippen molar-refractivity contribution in [1.29, 1.82) is 0 Å². The van der Waals surface area contributed by atoms with Crippen molar-refractivity contribution in [3.8, 4) is 0 Å². The van der Waals surface area contributed by atoms with Crippen LogP contribution in [0.1, 0.15) is 66.2 Å². The molecule has 2 atom stereocenters. The van der Waals surface area contributed by atoms with Crippen LogP contribution < -0.4 is 5.32 Å². The highest BCUT2D eigenvalue weighted by molar-refractivity contribution is 4.94. The van der Waals surface area contributed by atoms with Crippen LogP contribution in [0, 0.1) is 16.7 Å². The topological polar surface area (TPSA) is 12.0 Å². The van der Waals surface area contributed by atoms with Crippen LogP contribution in [-0.2, 0) is 0 Å². The maximum absolute atomic E-state index is 3.88. The largest absolute Gasteiger partial charge is 0.313 e. The minimum absolute atomic E-state index is 0.566. The molecule has 1 heteroatoms. The molecule has 94 valence electrons. The fourth-order valence-corrected chi connectivity index (χ4v) is 3.85. The van der Waals surface area contributed by atoms with E-state index in [1.165, 1.54) is 45.1 Å².